The van der Waals surface area contributed by atoms with Crippen LogP contribution >= 0.6 is 11.6 Å². The molecule has 3 fully saturated rings. The van der Waals surface area contributed by atoms with Gasteiger partial charge in [0.25, 0.3) is 5.91 Å². The first-order chi connectivity index (χ1) is 13.3. The summed E-state index contributed by atoms with van der Waals surface area (Å²) in [5.74, 6) is -1.57. The van der Waals surface area contributed by atoms with Crippen LogP contribution in [0.4, 0.5) is 8.78 Å². The number of amides is 1. The van der Waals surface area contributed by atoms with Crippen molar-refractivity contribution in [3.8, 4) is 5.75 Å². The molecule has 0 radical (unpaired) electrons. The molecule has 0 atom stereocenters. The Morgan fingerprint density at radius 2 is 1.93 bits per heavy atom. The summed E-state index contributed by atoms with van der Waals surface area (Å²) in [5.41, 5.74) is -0.517. The van der Waals surface area contributed by atoms with E-state index in [0.717, 1.165) is 12.3 Å². The SMILES string of the molecule is O=C(COc1ccc(Cl)c(F)c1)CC12CC(NC(=O)c3ccncc3F)(C1)C2. The summed E-state index contributed by atoms with van der Waals surface area (Å²) < 4.78 is 32.4. The quantitative estimate of drug-likeness (QED) is 0.761. The standard InChI is InChI=1S/C20H17ClF2N2O3/c21-15-2-1-13(5-16(15)22)28-8-12(26)6-19-9-20(10-19,11-19)25-18(27)14-3-4-24-7-17(14)23/h1-5,7H,6,8-11H2,(H,25,27). The van der Waals surface area contributed by atoms with E-state index in [9.17, 15) is 18.4 Å². The maximum atomic E-state index is 13.7. The van der Waals surface area contributed by atoms with Crippen LogP contribution in [0.5, 0.6) is 5.75 Å². The Morgan fingerprint density at radius 3 is 2.61 bits per heavy atom. The predicted octanol–water partition coefficient (Wildman–Crippen LogP) is 3.70. The monoisotopic (exact) mass is 406 g/mol. The van der Waals surface area contributed by atoms with Gasteiger partial charge < -0.3 is 10.1 Å². The molecule has 0 unspecified atom stereocenters. The van der Waals surface area contributed by atoms with Gasteiger partial charge in [-0.3, -0.25) is 14.6 Å². The summed E-state index contributed by atoms with van der Waals surface area (Å²) in [6, 6.07) is 5.35. The highest BCUT2D eigenvalue weighted by atomic mass is 35.5. The molecule has 28 heavy (non-hydrogen) atoms. The third-order valence-corrected chi connectivity index (χ3v) is 5.71. The number of rotatable bonds is 7. The Bertz CT molecular complexity index is 946. The zero-order chi connectivity index (χ0) is 19.9. The van der Waals surface area contributed by atoms with Crippen LogP contribution in [0.1, 0.15) is 36.0 Å². The minimum Gasteiger partial charge on any atom is -0.486 e. The molecule has 2 aromatic rings. The van der Waals surface area contributed by atoms with Gasteiger partial charge in [-0.25, -0.2) is 8.78 Å². The summed E-state index contributed by atoms with van der Waals surface area (Å²) in [6.45, 7) is -0.148. The summed E-state index contributed by atoms with van der Waals surface area (Å²) in [7, 11) is 0. The lowest BCUT2D eigenvalue weighted by molar-refractivity contribution is -0.162. The Morgan fingerprint density at radius 1 is 1.18 bits per heavy atom. The molecule has 1 amide bonds. The first kappa shape index (κ1) is 18.8. The van der Waals surface area contributed by atoms with Gasteiger partial charge in [0, 0.05) is 24.2 Å². The molecule has 3 aliphatic carbocycles. The van der Waals surface area contributed by atoms with Crippen molar-refractivity contribution in [1.82, 2.24) is 10.3 Å². The van der Waals surface area contributed by atoms with Gasteiger partial charge in [-0.1, -0.05) is 11.6 Å². The zero-order valence-electron chi connectivity index (χ0n) is 14.8. The maximum absolute atomic E-state index is 13.7. The Labute approximate surface area is 165 Å². The third kappa shape index (κ3) is 3.46. The Kier molecular flexibility index (Phi) is 4.57. The number of hydrogen-bond acceptors (Lipinski definition) is 4. The van der Waals surface area contributed by atoms with Crippen LogP contribution in [0.15, 0.2) is 36.7 Å². The van der Waals surface area contributed by atoms with Gasteiger partial charge in [-0.2, -0.15) is 0 Å². The van der Waals surface area contributed by atoms with Crippen molar-refractivity contribution >= 4 is 23.3 Å². The number of Topliss-reactive ketones (excluding diaryl/α,β-unsaturated/α-hetero) is 1. The van der Waals surface area contributed by atoms with Crippen molar-refractivity contribution < 1.29 is 23.1 Å². The van der Waals surface area contributed by atoms with Gasteiger partial charge in [0.1, 0.15) is 18.2 Å². The average molecular weight is 407 g/mol. The molecule has 2 bridgehead atoms. The van der Waals surface area contributed by atoms with Crippen molar-refractivity contribution in [1.29, 1.82) is 0 Å². The molecule has 5 rings (SSSR count). The number of carbonyl (C=O) groups excluding carboxylic acids is 2. The molecule has 1 aromatic heterocycles. The van der Waals surface area contributed by atoms with Gasteiger partial charge >= 0.3 is 0 Å². The molecule has 1 N–H and O–H groups in total. The second-order valence-corrected chi connectivity index (χ2v) is 8.11. The fourth-order valence-electron chi connectivity index (χ4n) is 4.39. The van der Waals surface area contributed by atoms with Crippen LogP contribution in [-0.4, -0.2) is 28.8 Å². The molecular formula is C20H17ClF2N2O3. The lowest BCUT2D eigenvalue weighted by atomic mass is 9.38. The van der Waals surface area contributed by atoms with Gasteiger partial charge in [-0.15, -0.1) is 0 Å². The van der Waals surface area contributed by atoms with Crippen molar-refractivity contribution in [2.24, 2.45) is 5.41 Å². The fourth-order valence-corrected chi connectivity index (χ4v) is 4.50. The number of ketones is 1. The third-order valence-electron chi connectivity index (χ3n) is 5.40. The van der Waals surface area contributed by atoms with E-state index in [1.54, 1.807) is 0 Å². The fraction of sp³-hybridized carbons (Fsp3) is 0.350. The number of halogens is 3. The molecule has 0 aliphatic heterocycles. The average Bonchev–Trinajstić information content (AvgIpc) is 2.60. The molecule has 3 aliphatic rings. The molecule has 1 heterocycles. The first-order valence-electron chi connectivity index (χ1n) is 8.82. The number of hydrogen-bond donors (Lipinski definition) is 1. The number of ether oxygens (including phenoxy) is 1. The number of nitrogens with one attached hydrogen (secondary N) is 1. The Balaban J connectivity index is 1.25. The maximum Gasteiger partial charge on any atom is 0.254 e. The van der Waals surface area contributed by atoms with Crippen LogP contribution in [0, 0.1) is 17.0 Å². The minimum absolute atomic E-state index is 0.00784. The smallest absolute Gasteiger partial charge is 0.254 e. The number of aromatic nitrogens is 1. The van der Waals surface area contributed by atoms with Crippen molar-refractivity contribution in [2.45, 2.75) is 31.2 Å². The molecule has 0 saturated heterocycles. The van der Waals surface area contributed by atoms with Crippen molar-refractivity contribution in [3.63, 3.8) is 0 Å². The van der Waals surface area contributed by atoms with Crippen LogP contribution in [-0.2, 0) is 4.79 Å². The molecule has 146 valence electrons. The molecule has 1 aromatic carbocycles. The predicted molar refractivity (Wildman–Crippen MR) is 97.2 cm³/mol. The highest BCUT2D eigenvalue weighted by molar-refractivity contribution is 6.30. The van der Waals surface area contributed by atoms with E-state index in [1.807, 2.05) is 0 Å². The van der Waals surface area contributed by atoms with Crippen molar-refractivity contribution in [3.05, 3.63) is 58.9 Å². The highest BCUT2D eigenvalue weighted by Gasteiger charge is 2.68. The van der Waals surface area contributed by atoms with Crippen LogP contribution < -0.4 is 10.1 Å². The molecule has 0 spiro atoms. The molecular weight excluding hydrogens is 390 g/mol. The summed E-state index contributed by atoms with van der Waals surface area (Å²) >= 11 is 5.61. The lowest BCUT2D eigenvalue weighted by Gasteiger charge is -2.70. The van der Waals surface area contributed by atoms with E-state index in [1.165, 1.54) is 24.4 Å². The van der Waals surface area contributed by atoms with Gasteiger partial charge in [-0.05, 0) is 42.9 Å². The number of benzene rings is 1. The Hall–Kier alpha value is -2.54. The van der Waals surface area contributed by atoms with Crippen LogP contribution in [0.25, 0.3) is 0 Å². The number of nitrogens with zero attached hydrogens (tertiary/aromatic N) is 1. The molecule has 8 heteroatoms. The van der Waals surface area contributed by atoms with E-state index >= 15 is 0 Å². The second-order valence-electron chi connectivity index (χ2n) is 7.70. The van der Waals surface area contributed by atoms with Crippen LogP contribution in [0.2, 0.25) is 5.02 Å². The normalized spacial score (nSPS) is 24.7. The topological polar surface area (TPSA) is 68.3 Å². The van der Waals surface area contributed by atoms with E-state index in [0.29, 0.717) is 25.7 Å². The van der Waals surface area contributed by atoms with Gasteiger partial charge in [0.15, 0.2) is 11.6 Å². The van der Waals surface area contributed by atoms with E-state index in [4.69, 9.17) is 16.3 Å². The van der Waals surface area contributed by atoms with Gasteiger partial charge in [0.2, 0.25) is 0 Å². The summed E-state index contributed by atoms with van der Waals surface area (Å²) in [6.07, 6.45) is 4.75. The van der Waals surface area contributed by atoms with E-state index in [-0.39, 0.29) is 39.7 Å². The lowest BCUT2D eigenvalue weighted by Crippen LogP contribution is -2.75. The first-order valence-corrected chi connectivity index (χ1v) is 9.19. The molecule has 3 saturated carbocycles. The number of pyridine rings is 1. The largest absolute Gasteiger partial charge is 0.486 e. The van der Waals surface area contributed by atoms with E-state index < -0.39 is 17.5 Å². The molecule has 5 nitrogen and oxygen atoms in total. The highest BCUT2D eigenvalue weighted by Crippen LogP contribution is 2.69. The summed E-state index contributed by atoms with van der Waals surface area (Å²) in [4.78, 5) is 28.1. The van der Waals surface area contributed by atoms with Gasteiger partial charge in [0.05, 0.1) is 16.8 Å². The summed E-state index contributed by atoms with van der Waals surface area (Å²) in [5, 5.41) is 2.87. The van der Waals surface area contributed by atoms with Crippen LogP contribution in [0.3, 0.4) is 0 Å². The second kappa shape index (κ2) is 6.81. The zero-order valence-corrected chi connectivity index (χ0v) is 15.6. The number of carbonyl (C=O) groups is 2. The van der Waals surface area contributed by atoms with Crippen molar-refractivity contribution in [2.75, 3.05) is 6.61 Å². The van der Waals surface area contributed by atoms with E-state index in [2.05, 4.69) is 10.3 Å². The minimum atomic E-state index is -0.660.